The van der Waals surface area contributed by atoms with E-state index in [2.05, 4.69) is 10.4 Å². The number of nitrogens with two attached hydrogens (primary N) is 1. The molecule has 0 bridgehead atoms. The molecule has 1 aromatic carbocycles. The van der Waals surface area contributed by atoms with E-state index in [1.807, 2.05) is 17.8 Å². The summed E-state index contributed by atoms with van der Waals surface area (Å²) in [6, 6.07) is 4.16. The normalized spacial score (nSPS) is 12.7. The Morgan fingerprint density at radius 3 is 2.89 bits per heavy atom. The first-order valence-corrected chi connectivity index (χ1v) is 5.87. The third-order valence-corrected chi connectivity index (χ3v) is 3.16. The zero-order valence-electron chi connectivity index (χ0n) is 9.90. The van der Waals surface area contributed by atoms with Crippen molar-refractivity contribution in [2.45, 2.75) is 12.5 Å². The molecule has 0 radical (unpaired) electrons. The lowest BCUT2D eigenvalue weighted by Gasteiger charge is -2.16. The van der Waals surface area contributed by atoms with E-state index in [0.29, 0.717) is 11.4 Å². The Bertz CT molecular complexity index is 541. The van der Waals surface area contributed by atoms with Gasteiger partial charge in [0.2, 0.25) is 0 Å². The second kappa shape index (κ2) is 5.48. The SMILES string of the molecule is Cn1ccnc1C(Cc1ccc(F)cc1Cl)NN. The Morgan fingerprint density at radius 2 is 2.33 bits per heavy atom. The van der Waals surface area contributed by atoms with Crippen molar-refractivity contribution in [1.29, 1.82) is 0 Å². The predicted molar refractivity (Wildman–Crippen MR) is 68.4 cm³/mol. The van der Waals surface area contributed by atoms with Crippen LogP contribution in [-0.2, 0) is 13.5 Å². The van der Waals surface area contributed by atoms with Crippen molar-refractivity contribution in [1.82, 2.24) is 15.0 Å². The van der Waals surface area contributed by atoms with Gasteiger partial charge in [-0.15, -0.1) is 0 Å². The molecule has 0 spiro atoms. The molecule has 4 nitrogen and oxygen atoms in total. The van der Waals surface area contributed by atoms with Gasteiger partial charge in [-0.3, -0.25) is 5.84 Å². The average Bonchev–Trinajstić information content (AvgIpc) is 2.75. The van der Waals surface area contributed by atoms with E-state index in [9.17, 15) is 4.39 Å². The van der Waals surface area contributed by atoms with Gasteiger partial charge in [-0.25, -0.2) is 14.8 Å². The molecule has 0 fully saturated rings. The summed E-state index contributed by atoms with van der Waals surface area (Å²) in [4.78, 5) is 4.23. The van der Waals surface area contributed by atoms with Gasteiger partial charge in [-0.1, -0.05) is 17.7 Å². The highest BCUT2D eigenvalue weighted by Crippen LogP contribution is 2.23. The van der Waals surface area contributed by atoms with Crippen LogP contribution in [-0.4, -0.2) is 9.55 Å². The van der Waals surface area contributed by atoms with E-state index in [4.69, 9.17) is 17.4 Å². The topological polar surface area (TPSA) is 55.9 Å². The molecule has 96 valence electrons. The van der Waals surface area contributed by atoms with Crippen LogP contribution in [0.3, 0.4) is 0 Å². The summed E-state index contributed by atoms with van der Waals surface area (Å²) >= 11 is 6.00. The quantitative estimate of drug-likeness (QED) is 0.658. The number of benzene rings is 1. The maximum absolute atomic E-state index is 13.0. The molecule has 18 heavy (non-hydrogen) atoms. The van der Waals surface area contributed by atoms with Crippen molar-refractivity contribution in [3.05, 3.63) is 52.8 Å². The maximum atomic E-state index is 13.0. The number of hydrogen-bond donors (Lipinski definition) is 2. The number of nitrogens with zero attached hydrogens (tertiary/aromatic N) is 2. The van der Waals surface area contributed by atoms with Crippen LogP contribution in [0.15, 0.2) is 30.6 Å². The molecule has 0 aliphatic carbocycles. The molecular formula is C12H14ClFN4. The Balaban J connectivity index is 2.23. The Hall–Kier alpha value is -1.43. The van der Waals surface area contributed by atoms with Crippen LogP contribution in [0.2, 0.25) is 5.02 Å². The van der Waals surface area contributed by atoms with Gasteiger partial charge in [0.15, 0.2) is 0 Å². The fourth-order valence-corrected chi connectivity index (χ4v) is 2.09. The van der Waals surface area contributed by atoms with Crippen molar-refractivity contribution in [2.24, 2.45) is 12.9 Å². The molecule has 0 aliphatic heterocycles. The molecular weight excluding hydrogens is 255 g/mol. The van der Waals surface area contributed by atoms with Crippen molar-refractivity contribution in [3.8, 4) is 0 Å². The third kappa shape index (κ3) is 2.69. The Morgan fingerprint density at radius 1 is 1.56 bits per heavy atom. The number of halogens is 2. The van der Waals surface area contributed by atoms with Crippen molar-refractivity contribution >= 4 is 11.6 Å². The third-order valence-electron chi connectivity index (χ3n) is 2.81. The minimum atomic E-state index is -0.349. The highest BCUT2D eigenvalue weighted by atomic mass is 35.5. The molecule has 1 heterocycles. The smallest absolute Gasteiger partial charge is 0.127 e. The van der Waals surface area contributed by atoms with Gasteiger partial charge in [-0.05, 0) is 24.1 Å². The van der Waals surface area contributed by atoms with Gasteiger partial charge < -0.3 is 4.57 Å². The minimum Gasteiger partial charge on any atom is -0.337 e. The lowest BCUT2D eigenvalue weighted by atomic mass is 10.1. The first-order chi connectivity index (χ1) is 8.61. The fraction of sp³-hybridized carbons (Fsp3) is 0.250. The number of imidazole rings is 1. The number of nitrogens with one attached hydrogen (secondary N) is 1. The summed E-state index contributed by atoms with van der Waals surface area (Å²) in [7, 11) is 1.89. The Labute approximate surface area is 110 Å². The summed E-state index contributed by atoms with van der Waals surface area (Å²) in [6.07, 6.45) is 4.08. The van der Waals surface area contributed by atoms with E-state index in [-0.39, 0.29) is 11.9 Å². The summed E-state index contributed by atoms with van der Waals surface area (Å²) in [6.45, 7) is 0. The zero-order valence-corrected chi connectivity index (χ0v) is 10.7. The standard InChI is InChI=1S/C12H14ClFN4/c1-18-5-4-16-12(18)11(17-15)6-8-2-3-9(14)7-10(8)13/h2-5,7,11,17H,6,15H2,1H3. The summed E-state index contributed by atoms with van der Waals surface area (Å²) < 4.78 is 14.8. The fourth-order valence-electron chi connectivity index (χ4n) is 1.84. The van der Waals surface area contributed by atoms with Crippen LogP contribution in [0.1, 0.15) is 17.4 Å². The number of hydrazine groups is 1. The second-order valence-electron chi connectivity index (χ2n) is 4.06. The van der Waals surface area contributed by atoms with Crippen molar-refractivity contribution < 1.29 is 4.39 Å². The molecule has 0 aliphatic rings. The largest absolute Gasteiger partial charge is 0.337 e. The van der Waals surface area contributed by atoms with Gasteiger partial charge >= 0.3 is 0 Å². The van der Waals surface area contributed by atoms with Gasteiger partial charge in [0.25, 0.3) is 0 Å². The molecule has 6 heteroatoms. The molecule has 0 saturated carbocycles. The molecule has 1 unspecified atom stereocenters. The van der Waals surface area contributed by atoms with Gasteiger partial charge in [0.05, 0.1) is 6.04 Å². The van der Waals surface area contributed by atoms with E-state index >= 15 is 0 Å². The maximum Gasteiger partial charge on any atom is 0.127 e. The number of hydrogen-bond acceptors (Lipinski definition) is 3. The van der Waals surface area contributed by atoms with Crippen molar-refractivity contribution in [2.75, 3.05) is 0 Å². The Kier molecular flexibility index (Phi) is 3.96. The number of aryl methyl sites for hydroxylation is 1. The first-order valence-electron chi connectivity index (χ1n) is 5.49. The molecule has 2 aromatic rings. The van der Waals surface area contributed by atoms with E-state index < -0.39 is 0 Å². The summed E-state index contributed by atoms with van der Waals surface area (Å²) in [5.74, 6) is 5.99. The highest BCUT2D eigenvalue weighted by Gasteiger charge is 2.16. The van der Waals surface area contributed by atoms with Crippen LogP contribution in [0, 0.1) is 5.82 Å². The molecule has 0 saturated heterocycles. The predicted octanol–water partition coefficient (Wildman–Crippen LogP) is 1.96. The molecule has 0 amide bonds. The van der Waals surface area contributed by atoms with Crippen LogP contribution < -0.4 is 11.3 Å². The van der Waals surface area contributed by atoms with E-state index in [1.165, 1.54) is 12.1 Å². The van der Waals surface area contributed by atoms with Gasteiger partial charge in [0.1, 0.15) is 11.6 Å². The number of aromatic nitrogens is 2. The van der Waals surface area contributed by atoms with E-state index in [0.717, 1.165) is 11.4 Å². The first kappa shape index (κ1) is 13.0. The van der Waals surface area contributed by atoms with Crippen LogP contribution in [0.4, 0.5) is 4.39 Å². The number of rotatable bonds is 4. The van der Waals surface area contributed by atoms with Gasteiger partial charge in [0, 0.05) is 24.5 Å². The lowest BCUT2D eigenvalue weighted by Crippen LogP contribution is -2.31. The zero-order chi connectivity index (χ0) is 13.1. The van der Waals surface area contributed by atoms with Crippen molar-refractivity contribution in [3.63, 3.8) is 0 Å². The molecule has 3 N–H and O–H groups in total. The summed E-state index contributed by atoms with van der Waals surface area (Å²) in [5, 5.41) is 0.393. The monoisotopic (exact) mass is 268 g/mol. The minimum absolute atomic E-state index is 0.173. The highest BCUT2D eigenvalue weighted by molar-refractivity contribution is 6.31. The second-order valence-corrected chi connectivity index (χ2v) is 4.46. The van der Waals surface area contributed by atoms with Crippen LogP contribution >= 0.6 is 11.6 Å². The molecule has 1 aromatic heterocycles. The lowest BCUT2D eigenvalue weighted by molar-refractivity contribution is 0.507. The summed E-state index contributed by atoms with van der Waals surface area (Å²) in [5.41, 5.74) is 3.52. The van der Waals surface area contributed by atoms with Crippen LogP contribution in [0.5, 0.6) is 0 Å². The molecule has 2 rings (SSSR count). The van der Waals surface area contributed by atoms with Crippen LogP contribution in [0.25, 0.3) is 0 Å². The average molecular weight is 269 g/mol. The molecule has 1 atom stereocenters. The van der Waals surface area contributed by atoms with E-state index in [1.54, 1.807) is 12.3 Å². The van der Waals surface area contributed by atoms with Gasteiger partial charge in [-0.2, -0.15) is 0 Å².